The first-order chi connectivity index (χ1) is 13.3. The predicted molar refractivity (Wildman–Crippen MR) is 105 cm³/mol. The third kappa shape index (κ3) is 4.68. The summed E-state index contributed by atoms with van der Waals surface area (Å²) in [4.78, 5) is 13.1. The number of amides is 1. The van der Waals surface area contributed by atoms with Crippen molar-refractivity contribution in [1.82, 2.24) is 14.8 Å². The van der Waals surface area contributed by atoms with Crippen LogP contribution in [0, 0.1) is 0 Å². The Bertz CT molecular complexity index is 973. The fourth-order valence-corrected chi connectivity index (χ4v) is 4.14. The molecule has 0 saturated heterocycles. The molecular weight excluding hydrogens is 433 g/mol. The maximum absolute atomic E-state index is 13.1. The molecule has 28 heavy (non-hydrogen) atoms. The highest BCUT2D eigenvalue weighted by Crippen LogP contribution is 2.36. The first kappa shape index (κ1) is 20.7. The highest BCUT2D eigenvalue weighted by molar-refractivity contribution is 7.99. The summed E-state index contributed by atoms with van der Waals surface area (Å²) in [5, 5.41) is 12.9. The minimum atomic E-state index is -4.63. The molecule has 0 unspecified atom stereocenters. The number of thiophene rings is 1. The average molecular weight is 447 g/mol. The van der Waals surface area contributed by atoms with Crippen molar-refractivity contribution in [2.24, 2.45) is 0 Å². The number of aromatic nitrogens is 3. The molecule has 0 saturated carbocycles. The summed E-state index contributed by atoms with van der Waals surface area (Å²) in [5.74, 6) is 0.00120. The normalized spacial score (nSPS) is 11.6. The van der Waals surface area contributed by atoms with Crippen LogP contribution in [0.2, 0.25) is 5.02 Å². The Hall–Kier alpha value is -2.04. The smallest absolute Gasteiger partial charge is 0.325 e. The van der Waals surface area contributed by atoms with Crippen LogP contribution in [0.4, 0.5) is 18.9 Å². The maximum Gasteiger partial charge on any atom is 0.418 e. The van der Waals surface area contributed by atoms with E-state index in [4.69, 9.17) is 11.6 Å². The van der Waals surface area contributed by atoms with Gasteiger partial charge in [-0.05, 0) is 36.6 Å². The minimum absolute atomic E-state index is 0.0585. The number of carbonyl (C=O) groups excluding carboxylic acids is 1. The number of nitrogens with one attached hydrogen (secondary N) is 1. The van der Waals surface area contributed by atoms with Crippen LogP contribution in [0.15, 0.2) is 40.9 Å². The van der Waals surface area contributed by atoms with E-state index < -0.39 is 17.6 Å². The third-order valence-electron chi connectivity index (χ3n) is 3.67. The second-order valence-electron chi connectivity index (χ2n) is 5.55. The van der Waals surface area contributed by atoms with Crippen molar-refractivity contribution >= 4 is 46.3 Å². The van der Waals surface area contributed by atoms with Crippen LogP contribution in [0.25, 0.3) is 10.7 Å². The number of carbonyl (C=O) groups is 1. The molecule has 0 spiro atoms. The molecule has 0 radical (unpaired) electrons. The predicted octanol–water partition coefficient (Wildman–Crippen LogP) is 5.43. The van der Waals surface area contributed by atoms with Crippen LogP contribution in [-0.4, -0.2) is 26.4 Å². The fraction of sp³-hybridized carbons (Fsp3) is 0.235. The van der Waals surface area contributed by atoms with Crippen LogP contribution < -0.4 is 5.32 Å². The summed E-state index contributed by atoms with van der Waals surface area (Å²) in [6.07, 6.45) is -4.63. The summed E-state index contributed by atoms with van der Waals surface area (Å²) in [7, 11) is 0. The van der Waals surface area contributed by atoms with Gasteiger partial charge in [0.05, 0.1) is 21.9 Å². The Morgan fingerprint density at radius 3 is 2.75 bits per heavy atom. The van der Waals surface area contributed by atoms with Gasteiger partial charge in [-0.25, -0.2) is 0 Å². The molecule has 3 aromatic rings. The SMILES string of the molecule is CCn1c(SCC(=O)Nc2ccc(Cl)cc2C(F)(F)F)nnc1-c1cccs1. The van der Waals surface area contributed by atoms with Crippen LogP contribution >= 0.6 is 34.7 Å². The topological polar surface area (TPSA) is 59.8 Å². The van der Waals surface area contributed by atoms with E-state index in [0.717, 1.165) is 28.8 Å². The Morgan fingerprint density at radius 2 is 2.11 bits per heavy atom. The lowest BCUT2D eigenvalue weighted by Gasteiger charge is -2.14. The monoisotopic (exact) mass is 446 g/mol. The third-order valence-corrected chi connectivity index (χ3v) is 5.74. The van der Waals surface area contributed by atoms with Gasteiger partial charge in [-0.3, -0.25) is 4.79 Å². The van der Waals surface area contributed by atoms with E-state index >= 15 is 0 Å². The van der Waals surface area contributed by atoms with Crippen molar-refractivity contribution in [3.8, 4) is 10.7 Å². The first-order valence-electron chi connectivity index (χ1n) is 8.06. The number of hydrogen-bond acceptors (Lipinski definition) is 5. The van der Waals surface area contributed by atoms with Gasteiger partial charge >= 0.3 is 6.18 Å². The number of rotatable bonds is 6. The average Bonchev–Trinajstić information content (AvgIpc) is 3.29. The van der Waals surface area contributed by atoms with Gasteiger partial charge in [-0.1, -0.05) is 29.4 Å². The van der Waals surface area contributed by atoms with Gasteiger partial charge in [0, 0.05) is 11.6 Å². The molecule has 2 aromatic heterocycles. The number of halogens is 4. The molecule has 0 aliphatic carbocycles. The van der Waals surface area contributed by atoms with Crippen molar-refractivity contribution in [2.75, 3.05) is 11.1 Å². The molecular formula is C17H14ClF3N4OS2. The summed E-state index contributed by atoms with van der Waals surface area (Å²) in [6, 6.07) is 7.03. The van der Waals surface area contributed by atoms with Crippen LogP contribution in [0.3, 0.4) is 0 Å². The van der Waals surface area contributed by atoms with Gasteiger partial charge < -0.3 is 9.88 Å². The zero-order valence-electron chi connectivity index (χ0n) is 14.5. The molecule has 1 aromatic carbocycles. The van der Waals surface area contributed by atoms with E-state index in [0.29, 0.717) is 17.5 Å². The molecule has 5 nitrogen and oxygen atoms in total. The van der Waals surface area contributed by atoms with E-state index in [1.807, 2.05) is 29.0 Å². The molecule has 2 heterocycles. The number of benzene rings is 1. The highest BCUT2D eigenvalue weighted by atomic mass is 35.5. The van der Waals surface area contributed by atoms with E-state index in [-0.39, 0.29) is 16.5 Å². The Labute approximate surface area is 171 Å². The Balaban J connectivity index is 1.71. The molecule has 0 atom stereocenters. The lowest BCUT2D eigenvalue weighted by Crippen LogP contribution is -2.18. The number of alkyl halides is 3. The van der Waals surface area contributed by atoms with Crippen LogP contribution in [0.1, 0.15) is 12.5 Å². The molecule has 1 N–H and O–H groups in total. The molecule has 0 aliphatic heterocycles. The number of hydrogen-bond donors (Lipinski definition) is 1. The summed E-state index contributed by atoms with van der Waals surface area (Å²) >= 11 is 8.27. The number of nitrogens with zero attached hydrogens (tertiary/aromatic N) is 3. The fourth-order valence-electron chi connectivity index (χ4n) is 2.44. The van der Waals surface area contributed by atoms with Crippen molar-refractivity contribution in [3.05, 3.63) is 46.3 Å². The van der Waals surface area contributed by atoms with E-state index in [9.17, 15) is 18.0 Å². The van der Waals surface area contributed by atoms with Gasteiger partial charge in [-0.15, -0.1) is 21.5 Å². The molecule has 1 amide bonds. The zero-order valence-corrected chi connectivity index (χ0v) is 16.8. The number of thioether (sulfide) groups is 1. The lowest BCUT2D eigenvalue weighted by atomic mass is 10.1. The molecule has 0 bridgehead atoms. The van der Waals surface area contributed by atoms with Crippen molar-refractivity contribution in [2.45, 2.75) is 24.8 Å². The van der Waals surface area contributed by atoms with Gasteiger partial charge in [-0.2, -0.15) is 13.2 Å². The quantitative estimate of drug-likeness (QED) is 0.513. The highest BCUT2D eigenvalue weighted by Gasteiger charge is 2.34. The summed E-state index contributed by atoms with van der Waals surface area (Å²) < 4.78 is 41.2. The van der Waals surface area contributed by atoms with E-state index in [2.05, 4.69) is 15.5 Å². The maximum atomic E-state index is 13.1. The summed E-state index contributed by atoms with van der Waals surface area (Å²) in [5.41, 5.74) is -1.33. The minimum Gasteiger partial charge on any atom is -0.325 e. The van der Waals surface area contributed by atoms with Crippen molar-refractivity contribution in [1.29, 1.82) is 0 Å². The Morgan fingerprint density at radius 1 is 1.32 bits per heavy atom. The zero-order chi connectivity index (χ0) is 20.3. The van der Waals surface area contributed by atoms with Gasteiger partial charge in [0.15, 0.2) is 11.0 Å². The molecule has 0 fully saturated rings. The first-order valence-corrected chi connectivity index (χ1v) is 10.3. The molecule has 148 valence electrons. The van der Waals surface area contributed by atoms with Crippen molar-refractivity contribution < 1.29 is 18.0 Å². The summed E-state index contributed by atoms with van der Waals surface area (Å²) in [6.45, 7) is 2.52. The van der Waals surface area contributed by atoms with E-state index in [1.54, 1.807) is 0 Å². The van der Waals surface area contributed by atoms with Crippen LogP contribution in [-0.2, 0) is 17.5 Å². The second kappa shape index (κ2) is 8.54. The largest absolute Gasteiger partial charge is 0.418 e. The second-order valence-corrected chi connectivity index (χ2v) is 7.88. The number of anilines is 1. The Kier molecular flexibility index (Phi) is 6.31. The van der Waals surface area contributed by atoms with E-state index in [1.165, 1.54) is 17.4 Å². The van der Waals surface area contributed by atoms with Crippen LogP contribution in [0.5, 0.6) is 0 Å². The molecule has 0 aliphatic rings. The molecule has 11 heteroatoms. The van der Waals surface area contributed by atoms with Gasteiger partial charge in [0.1, 0.15) is 0 Å². The van der Waals surface area contributed by atoms with Gasteiger partial charge in [0.2, 0.25) is 5.91 Å². The van der Waals surface area contributed by atoms with Crippen molar-refractivity contribution in [3.63, 3.8) is 0 Å². The van der Waals surface area contributed by atoms with Gasteiger partial charge in [0.25, 0.3) is 0 Å². The molecule has 3 rings (SSSR count). The lowest BCUT2D eigenvalue weighted by molar-refractivity contribution is -0.137. The standard InChI is InChI=1S/C17H14ClF3N4OS2/c1-2-25-15(13-4-3-7-27-13)23-24-16(25)28-9-14(26)22-12-6-5-10(18)8-11(12)17(19,20)21/h3-8H,2,9H2,1H3,(H,22,26).